The van der Waals surface area contributed by atoms with Gasteiger partial charge in [0.25, 0.3) is 0 Å². The van der Waals surface area contributed by atoms with E-state index in [1.165, 1.54) is 0 Å². The van der Waals surface area contributed by atoms with Crippen molar-refractivity contribution in [1.82, 2.24) is 0 Å². The van der Waals surface area contributed by atoms with E-state index < -0.39 is 0 Å². The van der Waals surface area contributed by atoms with Gasteiger partial charge in [0.2, 0.25) is 0 Å². The Balaban J connectivity index is 1.29. The summed E-state index contributed by atoms with van der Waals surface area (Å²) in [6, 6.07) is 45.8. The summed E-state index contributed by atoms with van der Waals surface area (Å²) in [6.07, 6.45) is 0. The maximum absolute atomic E-state index is 6.66. The van der Waals surface area contributed by atoms with Gasteiger partial charge in [-0.25, -0.2) is 0 Å². The highest BCUT2D eigenvalue weighted by Crippen LogP contribution is 2.48. The van der Waals surface area contributed by atoms with Gasteiger partial charge in [-0.15, -0.1) is 0 Å². The minimum Gasteiger partial charge on any atom is -0.456 e. The Labute approximate surface area is 260 Å². The van der Waals surface area contributed by atoms with E-state index in [2.05, 4.69) is 84.9 Å². The van der Waals surface area contributed by atoms with E-state index in [1.54, 1.807) is 0 Å². The summed E-state index contributed by atoms with van der Waals surface area (Å²) >= 11 is 0. The highest BCUT2D eigenvalue weighted by Gasteiger charge is 2.24. The van der Waals surface area contributed by atoms with Crippen molar-refractivity contribution < 1.29 is 17.7 Å². The molecule has 0 saturated carbocycles. The van der Waals surface area contributed by atoms with Gasteiger partial charge in [0.15, 0.2) is 0 Å². The highest BCUT2D eigenvalue weighted by atomic mass is 16.3. The van der Waals surface area contributed by atoms with Gasteiger partial charge < -0.3 is 17.7 Å². The Morgan fingerprint density at radius 1 is 0.283 bits per heavy atom. The predicted octanol–water partition coefficient (Wildman–Crippen LogP) is 12.6. The van der Waals surface area contributed by atoms with E-state index in [-0.39, 0.29) is 0 Å². The number of rotatable bonds is 2. The Bertz CT molecular complexity index is 2820. The van der Waals surface area contributed by atoms with Crippen molar-refractivity contribution in [3.8, 4) is 22.3 Å². The van der Waals surface area contributed by atoms with Crippen LogP contribution in [-0.4, -0.2) is 0 Å². The zero-order valence-corrected chi connectivity index (χ0v) is 24.3. The molecule has 0 aliphatic carbocycles. The van der Waals surface area contributed by atoms with Crippen molar-refractivity contribution in [1.29, 1.82) is 0 Å². The van der Waals surface area contributed by atoms with Crippen molar-refractivity contribution in [3.63, 3.8) is 0 Å². The molecule has 0 atom stereocenters. The summed E-state index contributed by atoms with van der Waals surface area (Å²) in [5.41, 5.74) is 10.9. The summed E-state index contributed by atoms with van der Waals surface area (Å²) in [5.74, 6) is 0. The molecular formula is C42H22O4. The summed E-state index contributed by atoms with van der Waals surface area (Å²) in [7, 11) is 0. The first-order valence-electron chi connectivity index (χ1n) is 15.4. The summed E-state index contributed by atoms with van der Waals surface area (Å²) in [5, 5.41) is 8.40. The van der Waals surface area contributed by atoms with Gasteiger partial charge in [0.05, 0.1) is 0 Å². The van der Waals surface area contributed by atoms with Crippen molar-refractivity contribution >= 4 is 87.8 Å². The molecule has 4 heteroatoms. The quantitative estimate of drug-likeness (QED) is 0.201. The molecule has 0 radical (unpaired) electrons. The van der Waals surface area contributed by atoms with E-state index in [9.17, 15) is 0 Å². The molecule has 4 aromatic heterocycles. The SMILES string of the molecule is c1cc(-c2c3oc4ccccc4c3cc3oc4ccccc4c23)cc(-c2c3oc4ccccc4c3cc3oc4ccccc4c23)c1. The lowest BCUT2D eigenvalue weighted by Gasteiger charge is -2.10. The van der Waals surface area contributed by atoms with Crippen LogP contribution in [0.25, 0.3) is 110 Å². The largest absolute Gasteiger partial charge is 0.456 e. The Kier molecular flexibility index (Phi) is 4.55. The summed E-state index contributed by atoms with van der Waals surface area (Å²) in [6.45, 7) is 0. The Hall–Kier alpha value is -6.26. The smallest absolute Gasteiger partial charge is 0.144 e. The molecule has 46 heavy (non-hydrogen) atoms. The van der Waals surface area contributed by atoms with Crippen LogP contribution in [0.1, 0.15) is 0 Å². The monoisotopic (exact) mass is 590 g/mol. The number of hydrogen-bond acceptors (Lipinski definition) is 4. The number of furan rings is 4. The molecule has 214 valence electrons. The summed E-state index contributed by atoms with van der Waals surface area (Å²) in [4.78, 5) is 0. The number of hydrogen-bond donors (Lipinski definition) is 0. The van der Waals surface area contributed by atoms with Gasteiger partial charge >= 0.3 is 0 Å². The molecule has 7 aromatic carbocycles. The third-order valence-electron chi connectivity index (χ3n) is 9.46. The lowest BCUT2D eigenvalue weighted by atomic mass is 9.92. The van der Waals surface area contributed by atoms with E-state index >= 15 is 0 Å². The third-order valence-corrected chi connectivity index (χ3v) is 9.46. The molecule has 0 N–H and O–H groups in total. The van der Waals surface area contributed by atoms with Gasteiger partial charge in [-0.1, -0.05) is 91.0 Å². The van der Waals surface area contributed by atoms with Gasteiger partial charge in [0, 0.05) is 54.2 Å². The molecule has 4 nitrogen and oxygen atoms in total. The average molecular weight is 591 g/mol. The molecule has 0 fully saturated rings. The molecule has 0 aliphatic rings. The van der Waals surface area contributed by atoms with Crippen molar-refractivity contribution in [2.45, 2.75) is 0 Å². The molecule has 11 rings (SSSR count). The second-order valence-corrected chi connectivity index (χ2v) is 12.0. The van der Waals surface area contributed by atoms with E-state index in [0.29, 0.717) is 0 Å². The normalized spacial score (nSPS) is 12.3. The molecule has 0 bridgehead atoms. The molecule has 0 saturated heterocycles. The molecule has 0 spiro atoms. The number of fused-ring (bicyclic) bond motifs is 12. The molecule has 0 unspecified atom stereocenters. The van der Waals surface area contributed by atoms with Gasteiger partial charge in [-0.05, 0) is 53.6 Å². The first kappa shape index (κ1) is 24.1. The van der Waals surface area contributed by atoms with Crippen molar-refractivity contribution in [3.05, 3.63) is 133 Å². The zero-order chi connectivity index (χ0) is 29.9. The van der Waals surface area contributed by atoms with E-state index in [0.717, 1.165) is 110 Å². The zero-order valence-electron chi connectivity index (χ0n) is 24.3. The van der Waals surface area contributed by atoms with Crippen LogP contribution in [0, 0.1) is 0 Å². The number of benzene rings is 7. The van der Waals surface area contributed by atoms with Crippen molar-refractivity contribution in [2.24, 2.45) is 0 Å². The van der Waals surface area contributed by atoms with Crippen LogP contribution < -0.4 is 0 Å². The van der Waals surface area contributed by atoms with Crippen LogP contribution in [0.2, 0.25) is 0 Å². The maximum atomic E-state index is 6.66. The average Bonchev–Trinajstić information content (AvgIpc) is 3.86. The van der Waals surface area contributed by atoms with Crippen LogP contribution >= 0.6 is 0 Å². The predicted molar refractivity (Wildman–Crippen MR) is 186 cm³/mol. The lowest BCUT2D eigenvalue weighted by molar-refractivity contribution is 0.664. The minimum absolute atomic E-state index is 0.836. The van der Waals surface area contributed by atoms with E-state index in [4.69, 9.17) is 17.7 Å². The van der Waals surface area contributed by atoms with Crippen LogP contribution in [0.5, 0.6) is 0 Å². The fraction of sp³-hybridized carbons (Fsp3) is 0. The molecule has 0 amide bonds. The van der Waals surface area contributed by atoms with Crippen LogP contribution in [0.15, 0.2) is 151 Å². The second-order valence-electron chi connectivity index (χ2n) is 12.0. The van der Waals surface area contributed by atoms with Crippen molar-refractivity contribution in [2.75, 3.05) is 0 Å². The van der Waals surface area contributed by atoms with Gasteiger partial charge in [-0.2, -0.15) is 0 Å². The molecular weight excluding hydrogens is 568 g/mol. The maximum Gasteiger partial charge on any atom is 0.144 e. The Morgan fingerprint density at radius 2 is 0.674 bits per heavy atom. The fourth-order valence-corrected chi connectivity index (χ4v) is 7.51. The molecule has 0 aliphatic heterocycles. The van der Waals surface area contributed by atoms with Crippen LogP contribution in [-0.2, 0) is 0 Å². The topological polar surface area (TPSA) is 52.6 Å². The highest BCUT2D eigenvalue weighted by molar-refractivity contribution is 6.25. The fourth-order valence-electron chi connectivity index (χ4n) is 7.51. The van der Waals surface area contributed by atoms with E-state index in [1.807, 2.05) is 48.5 Å². The first-order chi connectivity index (χ1) is 22.8. The standard InChI is InChI=1S/C42H22O4/c1-5-16-31-25(12-1)29-21-35-39(27-14-3-7-18-33(27)43-35)37(41(29)45-31)23-10-9-11-24(20-23)38-40-28-15-4-8-19-34(28)44-36(40)22-30-26-13-2-6-17-32(26)46-42(30)38/h1-22H. The van der Waals surface area contributed by atoms with Gasteiger partial charge in [-0.3, -0.25) is 0 Å². The van der Waals surface area contributed by atoms with Gasteiger partial charge in [0.1, 0.15) is 44.7 Å². The molecule has 11 aromatic rings. The number of para-hydroxylation sites is 4. The lowest BCUT2D eigenvalue weighted by Crippen LogP contribution is -1.86. The first-order valence-corrected chi connectivity index (χ1v) is 15.4. The van der Waals surface area contributed by atoms with Crippen LogP contribution in [0.3, 0.4) is 0 Å². The Morgan fingerprint density at radius 3 is 1.13 bits per heavy atom. The summed E-state index contributed by atoms with van der Waals surface area (Å²) < 4.78 is 26.3. The third kappa shape index (κ3) is 3.12. The minimum atomic E-state index is 0.836. The molecule has 4 heterocycles. The second kappa shape index (κ2) is 8.68. The van der Waals surface area contributed by atoms with Crippen LogP contribution in [0.4, 0.5) is 0 Å².